The molecule has 1 aromatic rings. The Morgan fingerprint density at radius 2 is 1.89 bits per heavy atom. The highest BCUT2D eigenvalue weighted by Gasteiger charge is 2.20. The summed E-state index contributed by atoms with van der Waals surface area (Å²) in [5.74, 6) is 2.09. The van der Waals surface area contributed by atoms with Crippen molar-refractivity contribution in [3.8, 4) is 0 Å². The summed E-state index contributed by atoms with van der Waals surface area (Å²) in [6.07, 6.45) is 3.44. The number of rotatable bonds is 4. The van der Waals surface area contributed by atoms with Crippen LogP contribution in [0, 0.1) is 5.92 Å². The Balaban J connectivity index is 1.83. The van der Waals surface area contributed by atoms with Crippen LogP contribution < -0.4 is 0 Å². The monoisotopic (exact) mass is 277 g/mol. The van der Waals surface area contributed by atoms with Gasteiger partial charge in [-0.2, -0.15) is 0 Å². The van der Waals surface area contributed by atoms with Crippen LogP contribution >= 0.6 is 11.8 Å². The standard InChI is InChI=1S/C16H23NOS/c1-3-19-16-6-4-14(5-7-16)12-15-8-10-17(11-9-15)13(2)18/h4-7,15H,3,8-12H2,1-2H3. The summed E-state index contributed by atoms with van der Waals surface area (Å²) in [5, 5.41) is 0. The highest BCUT2D eigenvalue weighted by Crippen LogP contribution is 2.23. The van der Waals surface area contributed by atoms with E-state index in [1.165, 1.54) is 10.5 Å². The molecule has 1 aromatic carbocycles. The molecule has 0 atom stereocenters. The summed E-state index contributed by atoms with van der Waals surface area (Å²) in [7, 11) is 0. The van der Waals surface area contributed by atoms with Crippen molar-refractivity contribution in [1.82, 2.24) is 4.90 Å². The van der Waals surface area contributed by atoms with Crippen LogP contribution in [-0.4, -0.2) is 29.6 Å². The summed E-state index contributed by atoms with van der Waals surface area (Å²) >= 11 is 1.89. The summed E-state index contributed by atoms with van der Waals surface area (Å²) in [4.78, 5) is 14.6. The number of carbonyl (C=O) groups excluding carboxylic acids is 1. The van der Waals surface area contributed by atoms with Crippen molar-refractivity contribution < 1.29 is 4.79 Å². The zero-order chi connectivity index (χ0) is 13.7. The normalized spacial score (nSPS) is 16.6. The number of nitrogens with zero attached hydrogens (tertiary/aromatic N) is 1. The van der Waals surface area contributed by atoms with Crippen molar-refractivity contribution in [3.63, 3.8) is 0 Å². The van der Waals surface area contributed by atoms with E-state index in [0.29, 0.717) is 0 Å². The number of hydrogen-bond acceptors (Lipinski definition) is 2. The average molecular weight is 277 g/mol. The SMILES string of the molecule is CCSc1ccc(CC2CCN(C(C)=O)CC2)cc1. The Labute approximate surface area is 120 Å². The van der Waals surface area contributed by atoms with Crippen LogP contribution in [-0.2, 0) is 11.2 Å². The Kier molecular flexibility index (Phi) is 5.32. The van der Waals surface area contributed by atoms with Crippen LogP contribution in [0.3, 0.4) is 0 Å². The van der Waals surface area contributed by atoms with Gasteiger partial charge in [0.1, 0.15) is 0 Å². The maximum Gasteiger partial charge on any atom is 0.219 e. The molecule has 1 amide bonds. The number of piperidine rings is 1. The molecule has 1 fully saturated rings. The van der Waals surface area contributed by atoms with E-state index in [2.05, 4.69) is 31.2 Å². The van der Waals surface area contributed by atoms with Gasteiger partial charge in [0.25, 0.3) is 0 Å². The van der Waals surface area contributed by atoms with Gasteiger partial charge in [0, 0.05) is 24.9 Å². The van der Waals surface area contributed by atoms with Crippen LogP contribution in [0.15, 0.2) is 29.2 Å². The molecule has 2 rings (SSSR count). The third-order valence-electron chi connectivity index (χ3n) is 3.82. The first-order valence-electron chi connectivity index (χ1n) is 7.16. The second-order valence-corrected chi connectivity index (χ2v) is 6.57. The third kappa shape index (κ3) is 4.27. The van der Waals surface area contributed by atoms with E-state index in [4.69, 9.17) is 0 Å². The number of carbonyl (C=O) groups is 1. The minimum absolute atomic E-state index is 0.222. The summed E-state index contributed by atoms with van der Waals surface area (Å²) < 4.78 is 0. The predicted octanol–water partition coefficient (Wildman–Crippen LogP) is 3.60. The van der Waals surface area contributed by atoms with E-state index in [-0.39, 0.29) is 5.91 Å². The van der Waals surface area contributed by atoms with E-state index < -0.39 is 0 Å². The van der Waals surface area contributed by atoms with Gasteiger partial charge in [0.2, 0.25) is 5.91 Å². The first kappa shape index (κ1) is 14.4. The third-order valence-corrected chi connectivity index (χ3v) is 4.71. The molecule has 0 radical (unpaired) electrons. The molecule has 19 heavy (non-hydrogen) atoms. The van der Waals surface area contributed by atoms with Crippen LogP contribution in [0.4, 0.5) is 0 Å². The van der Waals surface area contributed by atoms with Gasteiger partial charge in [-0.05, 0) is 48.6 Å². The van der Waals surface area contributed by atoms with Gasteiger partial charge in [-0.3, -0.25) is 4.79 Å². The first-order chi connectivity index (χ1) is 9.19. The Morgan fingerprint density at radius 1 is 1.26 bits per heavy atom. The Bertz CT molecular complexity index is 407. The molecular formula is C16H23NOS. The topological polar surface area (TPSA) is 20.3 Å². The summed E-state index contributed by atoms with van der Waals surface area (Å²) in [6.45, 7) is 5.72. The molecule has 0 aromatic heterocycles. The van der Waals surface area contributed by atoms with Crippen molar-refractivity contribution in [2.75, 3.05) is 18.8 Å². The lowest BCUT2D eigenvalue weighted by atomic mass is 9.90. The number of likely N-dealkylation sites (tertiary alicyclic amines) is 1. The average Bonchev–Trinajstić information content (AvgIpc) is 2.42. The number of benzene rings is 1. The fraction of sp³-hybridized carbons (Fsp3) is 0.562. The summed E-state index contributed by atoms with van der Waals surface area (Å²) in [6, 6.07) is 8.98. The lowest BCUT2D eigenvalue weighted by Crippen LogP contribution is -2.37. The largest absolute Gasteiger partial charge is 0.343 e. The highest BCUT2D eigenvalue weighted by molar-refractivity contribution is 7.99. The molecule has 2 nitrogen and oxygen atoms in total. The molecule has 104 valence electrons. The second kappa shape index (κ2) is 6.99. The molecule has 1 saturated heterocycles. The molecule has 0 unspecified atom stereocenters. The van der Waals surface area contributed by atoms with E-state index in [9.17, 15) is 4.79 Å². The maximum absolute atomic E-state index is 11.3. The smallest absolute Gasteiger partial charge is 0.219 e. The fourth-order valence-corrected chi connectivity index (χ4v) is 3.34. The van der Waals surface area contributed by atoms with Gasteiger partial charge in [0.15, 0.2) is 0 Å². The Hall–Kier alpha value is -0.960. The summed E-state index contributed by atoms with van der Waals surface area (Å²) in [5.41, 5.74) is 1.43. The first-order valence-corrected chi connectivity index (χ1v) is 8.15. The molecule has 0 N–H and O–H groups in total. The highest BCUT2D eigenvalue weighted by atomic mass is 32.2. The zero-order valence-corrected chi connectivity index (χ0v) is 12.7. The van der Waals surface area contributed by atoms with Gasteiger partial charge < -0.3 is 4.90 Å². The van der Waals surface area contributed by atoms with E-state index in [1.807, 2.05) is 16.7 Å². The van der Waals surface area contributed by atoms with Crippen molar-refractivity contribution in [1.29, 1.82) is 0 Å². The van der Waals surface area contributed by atoms with E-state index in [1.54, 1.807) is 6.92 Å². The van der Waals surface area contributed by atoms with Crippen molar-refractivity contribution in [2.24, 2.45) is 5.92 Å². The van der Waals surface area contributed by atoms with E-state index in [0.717, 1.165) is 44.0 Å². The minimum Gasteiger partial charge on any atom is -0.343 e. The van der Waals surface area contributed by atoms with Crippen molar-refractivity contribution in [2.45, 2.75) is 38.0 Å². The minimum atomic E-state index is 0.222. The number of amides is 1. The van der Waals surface area contributed by atoms with Gasteiger partial charge >= 0.3 is 0 Å². The Morgan fingerprint density at radius 3 is 2.42 bits per heavy atom. The molecule has 0 spiro atoms. The molecule has 1 heterocycles. The van der Waals surface area contributed by atoms with Crippen molar-refractivity contribution in [3.05, 3.63) is 29.8 Å². The molecular weight excluding hydrogens is 254 g/mol. The van der Waals surface area contributed by atoms with Gasteiger partial charge in [-0.15, -0.1) is 11.8 Å². The lowest BCUT2D eigenvalue weighted by Gasteiger charge is -2.31. The van der Waals surface area contributed by atoms with Gasteiger partial charge in [0.05, 0.1) is 0 Å². The predicted molar refractivity (Wildman–Crippen MR) is 81.5 cm³/mol. The lowest BCUT2D eigenvalue weighted by molar-refractivity contribution is -0.130. The van der Waals surface area contributed by atoms with Crippen molar-refractivity contribution >= 4 is 17.7 Å². The zero-order valence-electron chi connectivity index (χ0n) is 11.9. The molecule has 0 bridgehead atoms. The fourth-order valence-electron chi connectivity index (χ4n) is 2.67. The number of hydrogen-bond donors (Lipinski definition) is 0. The van der Waals surface area contributed by atoms with Crippen LogP contribution in [0.2, 0.25) is 0 Å². The van der Waals surface area contributed by atoms with Gasteiger partial charge in [-0.25, -0.2) is 0 Å². The molecule has 0 saturated carbocycles. The number of thioether (sulfide) groups is 1. The van der Waals surface area contributed by atoms with Crippen LogP contribution in [0.1, 0.15) is 32.3 Å². The van der Waals surface area contributed by atoms with Gasteiger partial charge in [-0.1, -0.05) is 19.1 Å². The van der Waals surface area contributed by atoms with E-state index >= 15 is 0 Å². The molecule has 1 aliphatic heterocycles. The van der Waals surface area contributed by atoms with Crippen LogP contribution in [0.5, 0.6) is 0 Å². The second-order valence-electron chi connectivity index (χ2n) is 5.23. The quantitative estimate of drug-likeness (QED) is 0.784. The molecule has 0 aliphatic carbocycles. The molecule has 3 heteroatoms. The maximum atomic E-state index is 11.3. The van der Waals surface area contributed by atoms with Crippen LogP contribution in [0.25, 0.3) is 0 Å². The molecule has 1 aliphatic rings.